The summed E-state index contributed by atoms with van der Waals surface area (Å²) in [4.78, 5) is 31.5. The van der Waals surface area contributed by atoms with Crippen LogP contribution >= 0.6 is 0 Å². The zero-order valence-electron chi connectivity index (χ0n) is 23.7. The first-order valence-corrected chi connectivity index (χ1v) is 14.1. The summed E-state index contributed by atoms with van der Waals surface area (Å²) in [6.07, 6.45) is 0.399. The fraction of sp³-hybridized carbons (Fsp3) is 0.333. The highest BCUT2D eigenvalue weighted by Gasteiger charge is 2.33. The van der Waals surface area contributed by atoms with E-state index in [1.807, 2.05) is 63.2 Å². The Morgan fingerprint density at radius 2 is 1.66 bits per heavy atom. The highest BCUT2D eigenvalue weighted by atomic mass is 19.1. The van der Waals surface area contributed by atoms with Crippen LogP contribution < -0.4 is 10.6 Å². The number of benzene rings is 3. The Hall–Kier alpha value is -4.17. The van der Waals surface area contributed by atoms with Gasteiger partial charge < -0.3 is 20.4 Å². The van der Waals surface area contributed by atoms with Crippen LogP contribution in [0.3, 0.4) is 0 Å². The summed E-state index contributed by atoms with van der Waals surface area (Å²) in [7, 11) is 0. The number of likely N-dealkylation sites (tertiary alicyclic amines) is 1. The van der Waals surface area contributed by atoms with Crippen LogP contribution in [-0.2, 0) is 11.3 Å². The number of carbonyl (C=O) groups is 2. The number of fused-ring (bicyclic) bond motifs is 1. The topological polar surface area (TPSA) is 86.5 Å². The fourth-order valence-corrected chi connectivity index (χ4v) is 5.53. The summed E-state index contributed by atoms with van der Waals surface area (Å²) in [6.45, 7) is 8.02. The van der Waals surface area contributed by atoms with E-state index in [-0.39, 0.29) is 23.7 Å². The summed E-state index contributed by atoms with van der Waals surface area (Å²) in [6, 6.07) is 24.3. The van der Waals surface area contributed by atoms with Crippen molar-refractivity contribution in [1.82, 2.24) is 20.5 Å². The van der Waals surface area contributed by atoms with Crippen molar-refractivity contribution in [2.45, 2.75) is 45.4 Å². The van der Waals surface area contributed by atoms with E-state index < -0.39 is 11.7 Å². The summed E-state index contributed by atoms with van der Waals surface area (Å²) >= 11 is 0. The lowest BCUT2D eigenvalue weighted by atomic mass is 10.0. The van der Waals surface area contributed by atoms with E-state index >= 15 is 0 Å². The maximum atomic E-state index is 13.7. The minimum atomic E-state index is -0.554. The van der Waals surface area contributed by atoms with Gasteiger partial charge >= 0.3 is 6.09 Å². The Kier molecular flexibility index (Phi) is 8.40. The molecule has 7 nitrogen and oxygen atoms in total. The van der Waals surface area contributed by atoms with Crippen LogP contribution in [0.5, 0.6) is 0 Å². The van der Waals surface area contributed by atoms with E-state index in [9.17, 15) is 14.0 Å². The first-order chi connectivity index (χ1) is 19.7. The van der Waals surface area contributed by atoms with Crippen LogP contribution in [0.2, 0.25) is 0 Å². The molecule has 1 aliphatic rings. The lowest BCUT2D eigenvalue weighted by molar-refractivity contribution is 0.0519. The first kappa shape index (κ1) is 28.4. The second-order valence-electron chi connectivity index (χ2n) is 11.7. The summed E-state index contributed by atoms with van der Waals surface area (Å²) in [5, 5.41) is 6.98. The third kappa shape index (κ3) is 7.13. The number of carbonyl (C=O) groups excluding carboxylic acids is 2. The average Bonchev–Trinajstić information content (AvgIpc) is 3.52. The van der Waals surface area contributed by atoms with Crippen molar-refractivity contribution in [1.29, 1.82) is 0 Å². The molecular weight excluding hydrogens is 519 g/mol. The molecule has 2 amide bonds. The molecule has 0 saturated carbocycles. The first-order valence-electron chi connectivity index (χ1n) is 14.1. The average molecular weight is 557 g/mol. The highest BCUT2D eigenvalue weighted by Crippen LogP contribution is 2.33. The van der Waals surface area contributed by atoms with Gasteiger partial charge in [-0.3, -0.25) is 9.69 Å². The van der Waals surface area contributed by atoms with Gasteiger partial charge in [0.25, 0.3) is 5.91 Å². The van der Waals surface area contributed by atoms with E-state index in [1.54, 1.807) is 12.1 Å². The van der Waals surface area contributed by atoms with Crippen molar-refractivity contribution in [3.05, 3.63) is 95.9 Å². The third-order valence-corrected chi connectivity index (χ3v) is 7.34. The second kappa shape index (κ2) is 12.1. The lowest BCUT2D eigenvalue weighted by Crippen LogP contribution is -2.40. The summed E-state index contributed by atoms with van der Waals surface area (Å²) in [5.41, 5.74) is 3.46. The number of hydrogen-bond donors (Lipinski definition) is 3. The summed E-state index contributed by atoms with van der Waals surface area (Å²) < 4.78 is 19.1. The monoisotopic (exact) mass is 556 g/mol. The van der Waals surface area contributed by atoms with Gasteiger partial charge in [0.05, 0.1) is 0 Å². The Balaban J connectivity index is 1.31. The van der Waals surface area contributed by atoms with Crippen LogP contribution in [0.4, 0.5) is 9.18 Å². The van der Waals surface area contributed by atoms with Crippen LogP contribution in [0.25, 0.3) is 22.0 Å². The van der Waals surface area contributed by atoms with Crippen molar-refractivity contribution < 1.29 is 18.7 Å². The predicted molar refractivity (Wildman–Crippen MR) is 159 cm³/mol. The molecule has 3 aromatic carbocycles. The van der Waals surface area contributed by atoms with Crippen LogP contribution in [-0.4, -0.2) is 53.2 Å². The molecule has 0 radical (unpaired) electrons. The SMILES string of the molecule is CC(C)(C)OC(=O)NC[C@H]1CC(CNC(=O)c2[nH]c3ccccc3c2-c2ccc(F)cc2)N(Cc2ccccc2)C1. The number of ether oxygens (including phenoxy) is 1. The van der Waals surface area contributed by atoms with Gasteiger partial charge in [-0.15, -0.1) is 0 Å². The number of para-hydroxylation sites is 1. The zero-order chi connectivity index (χ0) is 29.0. The minimum Gasteiger partial charge on any atom is -0.444 e. The van der Waals surface area contributed by atoms with Crippen LogP contribution in [0, 0.1) is 11.7 Å². The molecule has 2 heterocycles. The van der Waals surface area contributed by atoms with E-state index in [1.165, 1.54) is 17.7 Å². The number of nitrogens with zero attached hydrogens (tertiary/aromatic N) is 1. The van der Waals surface area contributed by atoms with Crippen molar-refractivity contribution in [2.75, 3.05) is 19.6 Å². The zero-order valence-corrected chi connectivity index (χ0v) is 23.7. The molecule has 1 saturated heterocycles. The molecule has 2 atom stereocenters. The van der Waals surface area contributed by atoms with Gasteiger partial charge in [0, 0.05) is 48.7 Å². The molecule has 41 heavy (non-hydrogen) atoms. The fourth-order valence-electron chi connectivity index (χ4n) is 5.53. The van der Waals surface area contributed by atoms with Crippen molar-refractivity contribution in [2.24, 2.45) is 5.92 Å². The van der Waals surface area contributed by atoms with Gasteiger partial charge in [-0.25, -0.2) is 9.18 Å². The molecule has 0 spiro atoms. The minimum absolute atomic E-state index is 0.0863. The Morgan fingerprint density at radius 1 is 0.951 bits per heavy atom. The second-order valence-corrected chi connectivity index (χ2v) is 11.7. The molecule has 214 valence electrons. The molecule has 3 N–H and O–H groups in total. The summed E-state index contributed by atoms with van der Waals surface area (Å²) in [5.74, 6) is -0.318. The van der Waals surface area contributed by atoms with Gasteiger partial charge in [-0.2, -0.15) is 0 Å². The van der Waals surface area contributed by atoms with Gasteiger partial charge in [0.15, 0.2) is 0 Å². The van der Waals surface area contributed by atoms with Crippen molar-refractivity contribution >= 4 is 22.9 Å². The predicted octanol–water partition coefficient (Wildman–Crippen LogP) is 6.12. The number of rotatable bonds is 8. The number of amides is 2. The van der Waals surface area contributed by atoms with Crippen molar-refractivity contribution in [3.8, 4) is 11.1 Å². The Bertz CT molecular complexity index is 1490. The van der Waals surface area contributed by atoms with Gasteiger partial charge in [0.2, 0.25) is 0 Å². The number of hydrogen-bond acceptors (Lipinski definition) is 4. The molecule has 8 heteroatoms. The number of halogens is 1. The Morgan fingerprint density at radius 3 is 2.39 bits per heavy atom. The van der Waals surface area contributed by atoms with E-state index in [2.05, 4.69) is 32.7 Å². The number of H-pyrrole nitrogens is 1. The van der Waals surface area contributed by atoms with Crippen LogP contribution in [0.1, 0.15) is 43.2 Å². The highest BCUT2D eigenvalue weighted by molar-refractivity contribution is 6.09. The van der Waals surface area contributed by atoms with Gasteiger partial charge in [-0.1, -0.05) is 60.7 Å². The van der Waals surface area contributed by atoms with Crippen molar-refractivity contribution in [3.63, 3.8) is 0 Å². The molecule has 1 fully saturated rings. The molecular formula is C33H37FN4O3. The number of aromatic amines is 1. The number of alkyl carbamates (subject to hydrolysis) is 1. The largest absolute Gasteiger partial charge is 0.444 e. The van der Waals surface area contributed by atoms with E-state index in [0.717, 1.165) is 41.5 Å². The molecule has 0 bridgehead atoms. The molecule has 4 aromatic rings. The van der Waals surface area contributed by atoms with E-state index in [4.69, 9.17) is 4.74 Å². The quantitative estimate of drug-likeness (QED) is 0.244. The molecule has 5 rings (SSSR count). The Labute approximate surface area is 240 Å². The normalized spacial score (nSPS) is 17.5. The molecule has 1 unspecified atom stereocenters. The molecule has 0 aliphatic carbocycles. The maximum Gasteiger partial charge on any atom is 0.407 e. The maximum absolute atomic E-state index is 13.7. The standard InChI is InChI=1S/C33H37FN4O3/c1-33(2,3)41-32(40)36-18-23-17-26(38(21-23)20-22-9-5-4-6-10-22)19-35-31(39)30-29(24-13-15-25(34)16-14-24)27-11-7-8-12-28(27)37-30/h4-16,23,26,37H,17-21H2,1-3H3,(H,35,39)(H,36,40)/t23-,26?/m1/s1. The molecule has 1 aliphatic heterocycles. The number of nitrogens with one attached hydrogen (secondary N) is 3. The molecule has 1 aromatic heterocycles. The lowest BCUT2D eigenvalue weighted by Gasteiger charge is -2.24. The number of aromatic nitrogens is 1. The smallest absolute Gasteiger partial charge is 0.407 e. The van der Waals surface area contributed by atoms with Gasteiger partial charge in [-0.05, 0) is 62.4 Å². The van der Waals surface area contributed by atoms with Crippen LogP contribution in [0.15, 0.2) is 78.9 Å². The third-order valence-electron chi connectivity index (χ3n) is 7.34. The van der Waals surface area contributed by atoms with Gasteiger partial charge in [0.1, 0.15) is 17.1 Å². The van der Waals surface area contributed by atoms with E-state index in [0.29, 0.717) is 18.8 Å².